The summed E-state index contributed by atoms with van der Waals surface area (Å²) in [6, 6.07) is 15.1. The molecule has 2 atom stereocenters. The number of nitrogens with one attached hydrogen (secondary N) is 1. The third kappa shape index (κ3) is 4.88. The molecule has 4 rings (SSSR count). The predicted octanol–water partition coefficient (Wildman–Crippen LogP) is 3.35. The topological polar surface area (TPSA) is 105 Å². The molecule has 35 heavy (non-hydrogen) atoms. The maximum Gasteiger partial charge on any atom is 0.408 e. The van der Waals surface area contributed by atoms with E-state index in [0.29, 0.717) is 11.5 Å². The summed E-state index contributed by atoms with van der Waals surface area (Å²) < 4.78 is 11.0. The van der Waals surface area contributed by atoms with E-state index in [9.17, 15) is 19.5 Å². The number of amides is 2. The first-order valence-electron chi connectivity index (χ1n) is 11.7. The van der Waals surface area contributed by atoms with Crippen LogP contribution in [-0.4, -0.2) is 77.9 Å². The van der Waals surface area contributed by atoms with Crippen LogP contribution in [0.1, 0.15) is 30.4 Å². The zero-order chi connectivity index (χ0) is 25.0. The molecular formula is C26H30N2O6S. The minimum atomic E-state index is -1.42. The molecule has 2 unspecified atom stereocenters. The molecule has 0 spiro atoms. The average Bonchev–Trinajstić information content (AvgIpc) is 3.20. The second-order valence-electron chi connectivity index (χ2n) is 8.75. The highest BCUT2D eigenvalue weighted by atomic mass is 32.2. The molecule has 0 saturated carbocycles. The number of aliphatic carboxylic acids is 1. The number of carboxylic acid groups (broad SMARTS) is 1. The van der Waals surface area contributed by atoms with E-state index in [1.54, 1.807) is 6.92 Å². The molecule has 2 amide bonds. The summed E-state index contributed by atoms with van der Waals surface area (Å²) in [5.41, 5.74) is 3.00. The summed E-state index contributed by atoms with van der Waals surface area (Å²) in [7, 11) is 1.44. The average molecular weight is 499 g/mol. The van der Waals surface area contributed by atoms with Gasteiger partial charge in [-0.15, -0.1) is 0 Å². The van der Waals surface area contributed by atoms with Crippen LogP contribution in [0.4, 0.5) is 4.79 Å². The van der Waals surface area contributed by atoms with E-state index in [1.807, 2.05) is 36.4 Å². The summed E-state index contributed by atoms with van der Waals surface area (Å²) in [6.45, 7) is 2.06. The minimum absolute atomic E-state index is 0.0947. The number of alkyl carbamates (subject to hydrolysis) is 1. The summed E-state index contributed by atoms with van der Waals surface area (Å²) in [4.78, 5) is 39.7. The molecule has 8 nitrogen and oxygen atoms in total. The molecular weight excluding hydrogens is 468 g/mol. The highest BCUT2D eigenvalue weighted by Crippen LogP contribution is 2.44. The Balaban J connectivity index is 1.51. The lowest BCUT2D eigenvalue weighted by atomic mass is 9.94. The van der Waals surface area contributed by atoms with E-state index in [4.69, 9.17) is 9.47 Å². The van der Waals surface area contributed by atoms with Gasteiger partial charge in [-0.05, 0) is 28.7 Å². The molecule has 1 fully saturated rings. The summed E-state index contributed by atoms with van der Waals surface area (Å²) in [5, 5.41) is 12.4. The van der Waals surface area contributed by atoms with E-state index >= 15 is 0 Å². The predicted molar refractivity (Wildman–Crippen MR) is 134 cm³/mol. The first-order valence-corrected chi connectivity index (χ1v) is 12.8. The molecule has 1 aliphatic heterocycles. The van der Waals surface area contributed by atoms with Crippen LogP contribution < -0.4 is 5.32 Å². The zero-order valence-electron chi connectivity index (χ0n) is 19.9. The van der Waals surface area contributed by atoms with Crippen molar-refractivity contribution >= 4 is 29.7 Å². The fourth-order valence-electron chi connectivity index (χ4n) is 4.90. The maximum atomic E-state index is 13.6. The molecule has 1 aliphatic carbocycles. The van der Waals surface area contributed by atoms with Gasteiger partial charge in [0, 0.05) is 31.1 Å². The maximum absolute atomic E-state index is 13.6. The van der Waals surface area contributed by atoms with E-state index in [0.717, 1.165) is 22.3 Å². The molecule has 9 heteroatoms. The summed E-state index contributed by atoms with van der Waals surface area (Å²) in [6.07, 6.45) is -0.516. The van der Waals surface area contributed by atoms with Crippen molar-refractivity contribution in [1.82, 2.24) is 10.2 Å². The van der Waals surface area contributed by atoms with E-state index in [-0.39, 0.29) is 32.1 Å². The van der Waals surface area contributed by atoms with Crippen LogP contribution in [0.5, 0.6) is 0 Å². The van der Waals surface area contributed by atoms with Crippen LogP contribution in [-0.2, 0) is 19.1 Å². The van der Waals surface area contributed by atoms with Crippen LogP contribution in [0, 0.1) is 0 Å². The van der Waals surface area contributed by atoms with Crippen molar-refractivity contribution in [2.24, 2.45) is 0 Å². The highest BCUT2D eigenvalue weighted by Gasteiger charge is 2.46. The highest BCUT2D eigenvalue weighted by molar-refractivity contribution is 7.99. The lowest BCUT2D eigenvalue weighted by Gasteiger charge is -2.40. The van der Waals surface area contributed by atoms with Gasteiger partial charge in [-0.25, -0.2) is 9.59 Å². The number of ether oxygens (including phenoxy) is 2. The fourth-order valence-corrected chi connectivity index (χ4v) is 5.93. The van der Waals surface area contributed by atoms with Crippen molar-refractivity contribution in [3.05, 3.63) is 59.7 Å². The van der Waals surface area contributed by atoms with Gasteiger partial charge in [0.2, 0.25) is 0 Å². The van der Waals surface area contributed by atoms with Crippen molar-refractivity contribution in [2.75, 3.05) is 38.4 Å². The quantitative estimate of drug-likeness (QED) is 0.575. The smallest absolute Gasteiger partial charge is 0.408 e. The van der Waals surface area contributed by atoms with Crippen LogP contribution in [0.15, 0.2) is 48.5 Å². The fraction of sp³-hybridized carbons (Fsp3) is 0.423. The van der Waals surface area contributed by atoms with Crippen LogP contribution >= 0.6 is 11.8 Å². The minimum Gasteiger partial charge on any atom is -0.480 e. The number of thioether (sulfide) groups is 1. The second kappa shape index (κ2) is 10.7. The molecule has 2 aromatic carbocycles. The molecule has 0 bridgehead atoms. The molecule has 2 aliphatic rings. The first kappa shape index (κ1) is 25.1. The molecule has 0 radical (unpaired) electrons. The lowest BCUT2D eigenvalue weighted by molar-refractivity contribution is -0.153. The third-order valence-electron chi connectivity index (χ3n) is 6.76. The van der Waals surface area contributed by atoms with Crippen molar-refractivity contribution in [2.45, 2.75) is 30.8 Å². The Morgan fingerprint density at radius 1 is 1.11 bits per heavy atom. The van der Waals surface area contributed by atoms with Gasteiger partial charge in [-0.1, -0.05) is 55.5 Å². The van der Waals surface area contributed by atoms with E-state index in [1.165, 1.54) is 23.8 Å². The number of fused-ring (bicyclic) bond motifs is 3. The van der Waals surface area contributed by atoms with Crippen molar-refractivity contribution in [3.8, 4) is 11.1 Å². The Hall–Kier alpha value is -3.04. The van der Waals surface area contributed by atoms with E-state index < -0.39 is 29.6 Å². The Labute approximate surface area is 209 Å². The monoisotopic (exact) mass is 498 g/mol. The normalized spacial score (nSPS) is 18.8. The first-order chi connectivity index (χ1) is 16.9. The van der Waals surface area contributed by atoms with Gasteiger partial charge in [-0.2, -0.15) is 11.8 Å². The number of rotatable bonds is 8. The number of carbonyl (C=O) groups excluding carboxylic acids is 2. The van der Waals surface area contributed by atoms with E-state index in [2.05, 4.69) is 17.4 Å². The number of carboxylic acids is 1. The summed E-state index contributed by atoms with van der Waals surface area (Å²) >= 11 is 1.49. The molecule has 2 aromatic rings. The number of hydrogen-bond acceptors (Lipinski definition) is 6. The second-order valence-corrected chi connectivity index (χ2v) is 9.90. The third-order valence-corrected chi connectivity index (χ3v) is 7.79. The Morgan fingerprint density at radius 2 is 1.74 bits per heavy atom. The molecule has 0 aromatic heterocycles. The van der Waals surface area contributed by atoms with Crippen molar-refractivity contribution in [1.29, 1.82) is 0 Å². The lowest BCUT2D eigenvalue weighted by Crippen LogP contribution is -2.65. The van der Waals surface area contributed by atoms with Crippen molar-refractivity contribution in [3.63, 3.8) is 0 Å². The van der Waals surface area contributed by atoms with Gasteiger partial charge in [-0.3, -0.25) is 4.79 Å². The Morgan fingerprint density at radius 3 is 2.31 bits per heavy atom. The molecule has 1 saturated heterocycles. The largest absolute Gasteiger partial charge is 0.480 e. The number of hydrogen-bond donors (Lipinski definition) is 2. The van der Waals surface area contributed by atoms with Crippen LogP contribution in [0.25, 0.3) is 11.1 Å². The van der Waals surface area contributed by atoms with Gasteiger partial charge in [0.25, 0.3) is 5.91 Å². The zero-order valence-corrected chi connectivity index (χ0v) is 20.7. The van der Waals surface area contributed by atoms with Gasteiger partial charge in [0.1, 0.15) is 18.2 Å². The molecule has 186 valence electrons. The number of carbonyl (C=O) groups is 3. The van der Waals surface area contributed by atoms with Gasteiger partial charge in [0.15, 0.2) is 0 Å². The SMILES string of the molecule is CCC(COC)(NC(=O)OCC1c2ccccc2-c2ccccc21)C(=O)N1CCSCC1C(=O)O. The number of methoxy groups -OCH3 is 1. The van der Waals surface area contributed by atoms with Crippen LogP contribution in [0.2, 0.25) is 0 Å². The van der Waals surface area contributed by atoms with Gasteiger partial charge in [0.05, 0.1) is 6.61 Å². The Kier molecular flexibility index (Phi) is 7.66. The number of nitrogens with zero attached hydrogens (tertiary/aromatic N) is 1. The van der Waals surface area contributed by atoms with Gasteiger partial charge < -0.3 is 24.8 Å². The standard InChI is InChI=1S/C26H30N2O6S/c1-3-26(16-33-2,24(31)28-12-13-35-15-22(28)23(29)30)27-25(32)34-14-21-19-10-6-4-8-17(19)18-9-5-7-11-20(18)21/h4-11,21-22H,3,12-16H2,1-2H3,(H,27,32)(H,29,30). The molecule has 1 heterocycles. The van der Waals surface area contributed by atoms with Crippen molar-refractivity contribution < 1.29 is 29.0 Å². The molecule has 2 N–H and O–H groups in total. The Bertz CT molecular complexity index is 1060. The number of benzene rings is 2. The van der Waals surface area contributed by atoms with Gasteiger partial charge >= 0.3 is 12.1 Å². The van der Waals surface area contributed by atoms with Crippen LogP contribution in [0.3, 0.4) is 0 Å². The summed E-state index contributed by atoms with van der Waals surface area (Å²) in [5.74, 6) is -0.707.